The summed E-state index contributed by atoms with van der Waals surface area (Å²) in [7, 11) is 0. The number of allylic oxidation sites excluding steroid dienone is 1. The maximum atomic E-state index is 12.1. The molecule has 0 spiro atoms. The van der Waals surface area contributed by atoms with Gasteiger partial charge < -0.3 is 20.7 Å². The van der Waals surface area contributed by atoms with Crippen LogP contribution in [0.2, 0.25) is 0 Å². The predicted molar refractivity (Wildman–Crippen MR) is 105 cm³/mol. The van der Waals surface area contributed by atoms with Gasteiger partial charge in [0.15, 0.2) is 0 Å². The zero-order valence-electron chi connectivity index (χ0n) is 16.6. The first-order valence-electron chi connectivity index (χ1n) is 8.84. The minimum absolute atomic E-state index is 0.109. The van der Waals surface area contributed by atoms with Gasteiger partial charge in [0.25, 0.3) is 0 Å². The number of hydrogen-bond donors (Lipinski definition) is 3. The Hall–Kier alpha value is -2.83. The molecule has 148 valence electrons. The Morgan fingerprint density at radius 1 is 1.07 bits per heavy atom. The van der Waals surface area contributed by atoms with Crippen LogP contribution in [-0.4, -0.2) is 30.1 Å². The van der Waals surface area contributed by atoms with E-state index < -0.39 is 11.7 Å². The first-order valence-corrected chi connectivity index (χ1v) is 8.84. The maximum Gasteiger partial charge on any atom is 0.407 e. The molecule has 7 heteroatoms. The number of nitrogens with one attached hydrogen (secondary N) is 3. The van der Waals surface area contributed by atoms with Gasteiger partial charge in [-0.15, -0.1) is 0 Å². The summed E-state index contributed by atoms with van der Waals surface area (Å²) in [6.07, 6.45) is 1.07. The molecule has 1 rings (SSSR count). The number of carbonyl (C=O) groups excluding carboxylic acids is 3. The number of alkyl carbamates (subject to hydrolysis) is 1. The highest BCUT2D eigenvalue weighted by Crippen LogP contribution is 2.15. The standard InChI is InChI=1S/C20H29N3O4/c1-14(2)12-18(25)22-13-15-8-6-7-9-16(15)23-17(24)10-11-21-19(26)27-20(3,4)5/h6-9,12H,10-11,13H2,1-5H3,(H,21,26)(H,22,25)(H,23,24). The van der Waals surface area contributed by atoms with Gasteiger partial charge in [-0.25, -0.2) is 4.79 Å². The zero-order chi connectivity index (χ0) is 20.4. The molecule has 0 unspecified atom stereocenters. The third-order valence-electron chi connectivity index (χ3n) is 3.18. The average Bonchev–Trinajstić information content (AvgIpc) is 2.51. The highest BCUT2D eigenvalue weighted by atomic mass is 16.6. The van der Waals surface area contributed by atoms with Crippen molar-refractivity contribution in [2.75, 3.05) is 11.9 Å². The topological polar surface area (TPSA) is 96.5 Å². The molecule has 1 aromatic rings. The van der Waals surface area contributed by atoms with Gasteiger partial charge in [-0.1, -0.05) is 23.8 Å². The van der Waals surface area contributed by atoms with Gasteiger partial charge in [0.05, 0.1) is 0 Å². The molecule has 1 aromatic carbocycles. The fraction of sp³-hybridized carbons (Fsp3) is 0.450. The van der Waals surface area contributed by atoms with Gasteiger partial charge >= 0.3 is 6.09 Å². The Bertz CT molecular complexity index is 701. The molecule has 0 saturated carbocycles. The van der Waals surface area contributed by atoms with Crippen molar-refractivity contribution in [2.45, 2.75) is 53.2 Å². The van der Waals surface area contributed by atoms with Gasteiger partial charge in [0.2, 0.25) is 11.8 Å². The summed E-state index contributed by atoms with van der Waals surface area (Å²) in [5.41, 5.74) is 1.74. The lowest BCUT2D eigenvalue weighted by atomic mass is 10.1. The van der Waals surface area contributed by atoms with Crippen molar-refractivity contribution < 1.29 is 19.1 Å². The molecule has 0 aromatic heterocycles. The summed E-state index contributed by atoms with van der Waals surface area (Å²) in [6.45, 7) is 9.47. The van der Waals surface area contributed by atoms with Crippen molar-refractivity contribution in [2.24, 2.45) is 0 Å². The Morgan fingerprint density at radius 2 is 1.74 bits per heavy atom. The number of benzene rings is 1. The number of para-hydroxylation sites is 1. The first-order chi connectivity index (χ1) is 12.6. The molecule has 0 saturated heterocycles. The summed E-state index contributed by atoms with van der Waals surface area (Å²) in [4.78, 5) is 35.4. The highest BCUT2D eigenvalue weighted by molar-refractivity contribution is 5.92. The van der Waals surface area contributed by atoms with Crippen LogP contribution in [0.25, 0.3) is 0 Å². The van der Waals surface area contributed by atoms with E-state index in [1.54, 1.807) is 32.9 Å². The molecule has 0 fully saturated rings. The molecule has 7 nitrogen and oxygen atoms in total. The summed E-state index contributed by atoms with van der Waals surface area (Å²) in [6, 6.07) is 7.23. The van der Waals surface area contributed by atoms with Crippen molar-refractivity contribution in [3.63, 3.8) is 0 Å². The van der Waals surface area contributed by atoms with E-state index in [4.69, 9.17) is 4.74 Å². The second-order valence-electron chi connectivity index (χ2n) is 7.32. The lowest BCUT2D eigenvalue weighted by molar-refractivity contribution is -0.117. The van der Waals surface area contributed by atoms with Crippen LogP contribution in [0.1, 0.15) is 46.6 Å². The van der Waals surface area contributed by atoms with Crippen molar-refractivity contribution >= 4 is 23.6 Å². The molecule has 0 bridgehead atoms. The van der Waals surface area contributed by atoms with E-state index in [1.807, 2.05) is 26.0 Å². The molecule has 0 atom stereocenters. The van der Waals surface area contributed by atoms with Crippen LogP contribution in [0.5, 0.6) is 0 Å². The number of rotatable bonds is 7. The third kappa shape index (κ3) is 10.0. The molecule has 27 heavy (non-hydrogen) atoms. The van der Waals surface area contributed by atoms with Crippen LogP contribution in [0, 0.1) is 0 Å². The number of hydrogen-bond acceptors (Lipinski definition) is 4. The van der Waals surface area contributed by atoms with Crippen LogP contribution >= 0.6 is 0 Å². The molecule has 0 radical (unpaired) electrons. The van der Waals surface area contributed by atoms with E-state index in [9.17, 15) is 14.4 Å². The molecule has 0 aliphatic heterocycles. The average molecular weight is 375 g/mol. The molecule has 0 aliphatic carbocycles. The molecular weight excluding hydrogens is 346 g/mol. The van der Waals surface area contributed by atoms with Crippen LogP contribution in [0.4, 0.5) is 10.5 Å². The Labute approximate surface area is 160 Å². The Kier molecular flexibility index (Phi) is 8.51. The van der Waals surface area contributed by atoms with Gasteiger partial charge in [0, 0.05) is 31.3 Å². The molecule has 0 aliphatic rings. The summed E-state index contributed by atoms with van der Waals surface area (Å²) in [5, 5.41) is 8.13. The van der Waals surface area contributed by atoms with Crippen molar-refractivity contribution in [3.05, 3.63) is 41.5 Å². The molecule has 3 amide bonds. The molecule has 0 heterocycles. The van der Waals surface area contributed by atoms with Gasteiger partial charge in [-0.3, -0.25) is 9.59 Å². The van der Waals surface area contributed by atoms with E-state index in [-0.39, 0.29) is 24.8 Å². The van der Waals surface area contributed by atoms with Gasteiger partial charge in [-0.2, -0.15) is 0 Å². The lowest BCUT2D eigenvalue weighted by Crippen LogP contribution is -2.34. The number of carbonyl (C=O) groups is 3. The summed E-state index contributed by atoms with van der Waals surface area (Å²) < 4.78 is 5.11. The van der Waals surface area contributed by atoms with Crippen molar-refractivity contribution in [1.82, 2.24) is 10.6 Å². The SMILES string of the molecule is CC(C)=CC(=O)NCc1ccccc1NC(=O)CCNC(=O)OC(C)(C)C. The van der Waals surface area contributed by atoms with E-state index in [2.05, 4.69) is 16.0 Å². The fourth-order valence-electron chi connectivity index (χ4n) is 2.10. The monoisotopic (exact) mass is 375 g/mol. The number of amides is 3. The first kappa shape index (κ1) is 22.2. The summed E-state index contributed by atoms with van der Waals surface area (Å²) in [5.74, 6) is -0.424. The van der Waals surface area contributed by atoms with Crippen molar-refractivity contribution in [3.8, 4) is 0 Å². The number of ether oxygens (including phenoxy) is 1. The van der Waals surface area contributed by atoms with Crippen LogP contribution in [0.3, 0.4) is 0 Å². The smallest absolute Gasteiger partial charge is 0.407 e. The van der Waals surface area contributed by atoms with Gasteiger partial charge in [0.1, 0.15) is 5.60 Å². The van der Waals surface area contributed by atoms with Crippen LogP contribution in [0.15, 0.2) is 35.9 Å². The predicted octanol–water partition coefficient (Wildman–Crippen LogP) is 3.12. The second-order valence-corrected chi connectivity index (χ2v) is 7.32. The molecule has 3 N–H and O–H groups in total. The minimum atomic E-state index is -0.582. The van der Waals surface area contributed by atoms with Crippen molar-refractivity contribution in [1.29, 1.82) is 0 Å². The summed E-state index contributed by atoms with van der Waals surface area (Å²) >= 11 is 0. The van der Waals surface area contributed by atoms with E-state index >= 15 is 0 Å². The molecular formula is C20H29N3O4. The Balaban J connectivity index is 2.51. The van der Waals surface area contributed by atoms with E-state index in [0.29, 0.717) is 12.2 Å². The van der Waals surface area contributed by atoms with Gasteiger partial charge in [-0.05, 0) is 46.2 Å². The Morgan fingerprint density at radius 3 is 2.37 bits per heavy atom. The zero-order valence-corrected chi connectivity index (χ0v) is 16.6. The maximum absolute atomic E-state index is 12.1. The highest BCUT2D eigenvalue weighted by Gasteiger charge is 2.16. The van der Waals surface area contributed by atoms with Crippen LogP contribution in [-0.2, 0) is 20.9 Å². The third-order valence-corrected chi connectivity index (χ3v) is 3.18. The van der Waals surface area contributed by atoms with Crippen LogP contribution < -0.4 is 16.0 Å². The van der Waals surface area contributed by atoms with E-state index in [0.717, 1.165) is 11.1 Å². The minimum Gasteiger partial charge on any atom is -0.444 e. The quantitative estimate of drug-likeness (QED) is 0.638. The fourth-order valence-corrected chi connectivity index (χ4v) is 2.10. The second kappa shape index (κ2) is 10.4. The lowest BCUT2D eigenvalue weighted by Gasteiger charge is -2.19. The normalized spacial score (nSPS) is 10.6. The largest absolute Gasteiger partial charge is 0.444 e. The van der Waals surface area contributed by atoms with E-state index in [1.165, 1.54) is 6.08 Å². The number of anilines is 1.